The first-order valence-electron chi connectivity index (χ1n) is 13.1. The Labute approximate surface area is 209 Å². The molecule has 5 aliphatic rings. The predicted molar refractivity (Wildman–Crippen MR) is 131 cm³/mol. The van der Waals surface area contributed by atoms with Gasteiger partial charge in [-0.25, -0.2) is 0 Å². The number of likely N-dealkylation sites (N-methyl/N-ethyl adjacent to an activating group) is 1. The minimum Gasteiger partial charge on any atom is -0.632 e. The molecule has 2 unspecified atom stereocenters. The smallest absolute Gasteiger partial charge is 0.246 e. The quantitative estimate of drug-likeness (QED) is 0.378. The number of likely N-dealkylation sites (tertiary alicyclic amines) is 1. The van der Waals surface area contributed by atoms with E-state index in [9.17, 15) is 20.2 Å². The largest absolute Gasteiger partial charge is 0.632 e. The molecule has 2 N–H and O–H groups in total. The third-order valence-electron chi connectivity index (χ3n) is 9.83. The summed E-state index contributed by atoms with van der Waals surface area (Å²) in [5.74, 6) is 0.758. The van der Waals surface area contributed by atoms with Gasteiger partial charge in [0.1, 0.15) is 17.7 Å². The molecule has 2 aliphatic heterocycles. The fraction of sp³-hybridized carbons (Fsp3) is 0.536. The number of rotatable bonds is 5. The molecule has 7 rings (SSSR count). The van der Waals surface area contributed by atoms with Crippen molar-refractivity contribution in [1.82, 2.24) is 4.90 Å². The summed E-state index contributed by atoms with van der Waals surface area (Å²) in [4.78, 5) is 14.9. The van der Waals surface area contributed by atoms with Crippen molar-refractivity contribution >= 4 is 12.0 Å². The molecule has 1 spiro atoms. The Morgan fingerprint density at radius 2 is 2.11 bits per heavy atom. The van der Waals surface area contributed by atoms with Crippen LogP contribution in [-0.2, 0) is 16.6 Å². The normalized spacial score (nSPS) is 38.0. The molecule has 6 atom stereocenters. The molecule has 2 saturated carbocycles. The average Bonchev–Trinajstić information content (AvgIpc) is 3.36. The van der Waals surface area contributed by atoms with Gasteiger partial charge < -0.3 is 34.1 Å². The van der Waals surface area contributed by atoms with Crippen LogP contribution in [0.15, 0.2) is 41.2 Å². The van der Waals surface area contributed by atoms with Gasteiger partial charge in [-0.15, -0.1) is 0 Å². The monoisotopic (exact) mass is 492 g/mol. The number of ether oxygens (including phenoxy) is 1. The van der Waals surface area contributed by atoms with Crippen molar-refractivity contribution in [1.29, 1.82) is 0 Å². The minimum absolute atomic E-state index is 0.0531. The van der Waals surface area contributed by atoms with Gasteiger partial charge in [-0.05, 0) is 49.5 Å². The summed E-state index contributed by atoms with van der Waals surface area (Å²) in [5.41, 5.74) is 0.591. The number of aromatic hydroxyl groups is 1. The van der Waals surface area contributed by atoms with Gasteiger partial charge in [0.2, 0.25) is 5.91 Å². The van der Waals surface area contributed by atoms with E-state index >= 15 is 0 Å². The lowest BCUT2D eigenvalue weighted by Gasteiger charge is -2.68. The molecule has 190 valence electrons. The number of phenolic OH excluding ortho intramolecular Hbond substituents is 1. The first kappa shape index (κ1) is 22.4. The molecule has 3 fully saturated rings. The first-order valence-corrected chi connectivity index (χ1v) is 13.1. The predicted octanol–water partition coefficient (Wildman–Crippen LogP) is 3.10. The second kappa shape index (κ2) is 7.37. The summed E-state index contributed by atoms with van der Waals surface area (Å²) in [6, 6.07) is 4.54. The third-order valence-corrected chi connectivity index (χ3v) is 9.83. The Morgan fingerprint density at radius 3 is 2.86 bits per heavy atom. The molecule has 1 amide bonds. The second-order valence-corrected chi connectivity index (χ2v) is 11.6. The van der Waals surface area contributed by atoms with E-state index in [4.69, 9.17) is 9.15 Å². The van der Waals surface area contributed by atoms with Crippen LogP contribution in [0, 0.1) is 11.1 Å². The highest BCUT2D eigenvalue weighted by Gasteiger charge is 2.76. The van der Waals surface area contributed by atoms with E-state index in [1.54, 1.807) is 42.7 Å². The van der Waals surface area contributed by atoms with Crippen LogP contribution < -0.4 is 4.74 Å². The lowest BCUT2D eigenvalue weighted by atomic mass is 9.48. The molecular weight excluding hydrogens is 460 g/mol. The van der Waals surface area contributed by atoms with Crippen LogP contribution in [-0.4, -0.2) is 69.6 Å². The van der Waals surface area contributed by atoms with Crippen molar-refractivity contribution in [3.8, 4) is 11.5 Å². The summed E-state index contributed by atoms with van der Waals surface area (Å²) in [6.07, 6.45) is 9.94. The Morgan fingerprint density at radius 1 is 1.28 bits per heavy atom. The molecule has 0 radical (unpaired) electrons. The maximum Gasteiger partial charge on any atom is 0.246 e. The lowest BCUT2D eigenvalue weighted by molar-refractivity contribution is -0.924. The fourth-order valence-electron chi connectivity index (χ4n) is 7.95. The highest BCUT2D eigenvalue weighted by molar-refractivity contribution is 5.91. The van der Waals surface area contributed by atoms with E-state index in [1.807, 2.05) is 6.07 Å². The van der Waals surface area contributed by atoms with Gasteiger partial charge in [-0.2, -0.15) is 0 Å². The number of hydroxylamine groups is 3. The molecule has 36 heavy (non-hydrogen) atoms. The number of aliphatic hydroxyl groups is 1. The van der Waals surface area contributed by atoms with Gasteiger partial charge >= 0.3 is 0 Å². The van der Waals surface area contributed by atoms with Crippen molar-refractivity contribution in [2.75, 3.05) is 20.1 Å². The Kier molecular flexibility index (Phi) is 4.58. The highest BCUT2D eigenvalue weighted by Crippen LogP contribution is 2.67. The molecular formula is C28H32N2O6. The standard InChI is InChI=1S/C28H32N2O6/c1-29(23(32)7-4-18-9-13-35-16-18)20-8-10-28(33)22-14-19-5-6-21(31)25-24(19)27(28,26(20)36-25)11-12-30(22,34)15-17-2-3-17/h4-7,9,13,16-17,20,22,26,31,33H,2-3,8,10-12,14-15H2,1H3/b7-4+/t20-,22?,26+,27+,28-,30?/m0/s1. The molecule has 3 heterocycles. The summed E-state index contributed by atoms with van der Waals surface area (Å²) < 4.78 is 11.3. The van der Waals surface area contributed by atoms with Gasteiger partial charge in [0.15, 0.2) is 11.5 Å². The van der Waals surface area contributed by atoms with Crippen molar-refractivity contribution in [2.24, 2.45) is 5.92 Å². The molecule has 2 aromatic rings. The Balaban J connectivity index is 1.30. The fourth-order valence-corrected chi connectivity index (χ4v) is 7.95. The van der Waals surface area contributed by atoms with Gasteiger partial charge in [0, 0.05) is 43.0 Å². The van der Waals surface area contributed by atoms with E-state index in [2.05, 4.69) is 0 Å². The Bertz CT molecular complexity index is 1250. The zero-order valence-electron chi connectivity index (χ0n) is 20.4. The van der Waals surface area contributed by atoms with Crippen molar-refractivity contribution < 1.29 is 28.8 Å². The molecule has 8 heteroatoms. The number of nitrogens with zero attached hydrogens (tertiary/aromatic N) is 2. The summed E-state index contributed by atoms with van der Waals surface area (Å²) >= 11 is 0. The van der Waals surface area contributed by atoms with E-state index < -0.39 is 23.2 Å². The number of furan rings is 1. The second-order valence-electron chi connectivity index (χ2n) is 11.6. The number of piperidine rings is 1. The molecule has 1 saturated heterocycles. The minimum atomic E-state index is -1.24. The highest BCUT2D eigenvalue weighted by atomic mass is 16.6. The molecule has 2 bridgehead atoms. The van der Waals surface area contributed by atoms with Crippen LogP contribution in [0.3, 0.4) is 0 Å². The molecule has 8 nitrogen and oxygen atoms in total. The average molecular weight is 493 g/mol. The van der Waals surface area contributed by atoms with E-state index in [-0.39, 0.29) is 22.3 Å². The van der Waals surface area contributed by atoms with E-state index in [1.165, 1.54) is 6.08 Å². The van der Waals surface area contributed by atoms with Crippen LogP contribution in [0.4, 0.5) is 0 Å². The zero-order valence-corrected chi connectivity index (χ0v) is 20.4. The van der Waals surface area contributed by atoms with Crippen molar-refractivity contribution in [3.05, 3.63) is 58.7 Å². The van der Waals surface area contributed by atoms with Crippen molar-refractivity contribution in [3.63, 3.8) is 0 Å². The number of quaternary nitrogens is 1. The molecule has 3 aliphatic carbocycles. The number of hydrogen-bond acceptors (Lipinski definition) is 6. The number of amides is 1. The van der Waals surface area contributed by atoms with Crippen LogP contribution in [0.1, 0.15) is 48.8 Å². The maximum atomic E-state index is 14.3. The Hall–Kier alpha value is -2.81. The van der Waals surface area contributed by atoms with Crippen LogP contribution in [0.2, 0.25) is 0 Å². The first-order chi connectivity index (χ1) is 17.3. The topological polar surface area (TPSA) is 106 Å². The number of carbonyl (C=O) groups excluding carboxylic acids is 1. The summed E-state index contributed by atoms with van der Waals surface area (Å²) in [6.45, 7) is 0.984. The molecule has 1 aromatic heterocycles. The number of phenols is 1. The number of hydrogen-bond donors (Lipinski definition) is 2. The van der Waals surface area contributed by atoms with Crippen LogP contribution >= 0.6 is 0 Å². The number of carbonyl (C=O) groups is 1. The van der Waals surface area contributed by atoms with E-state index in [0.29, 0.717) is 50.4 Å². The van der Waals surface area contributed by atoms with Gasteiger partial charge in [0.05, 0.1) is 37.1 Å². The van der Waals surface area contributed by atoms with Crippen molar-refractivity contribution in [2.45, 2.75) is 67.7 Å². The molecule has 1 aromatic carbocycles. The zero-order chi connectivity index (χ0) is 24.9. The number of benzene rings is 1. The summed E-state index contributed by atoms with van der Waals surface area (Å²) in [5, 5.41) is 37.6. The SMILES string of the molecule is CN(C(=O)/C=C/c1ccoc1)[C@H]1CC[C@]2(O)C3Cc4ccc(O)c5c4[C@]2(CC[N+]3([O-])CC2CC2)[C@@H]1O5. The van der Waals surface area contributed by atoms with Crippen LogP contribution in [0.5, 0.6) is 11.5 Å². The van der Waals surface area contributed by atoms with Crippen LogP contribution in [0.25, 0.3) is 6.08 Å². The van der Waals surface area contributed by atoms with Gasteiger partial charge in [-0.3, -0.25) is 4.79 Å². The third kappa shape index (κ3) is 2.83. The lowest BCUT2D eigenvalue weighted by Crippen LogP contribution is -2.81. The maximum absolute atomic E-state index is 14.3. The van der Waals surface area contributed by atoms with Gasteiger partial charge in [0.25, 0.3) is 0 Å². The van der Waals surface area contributed by atoms with E-state index in [0.717, 1.165) is 29.5 Å². The van der Waals surface area contributed by atoms with Gasteiger partial charge in [-0.1, -0.05) is 6.07 Å². The summed E-state index contributed by atoms with van der Waals surface area (Å²) in [7, 11) is 1.77.